The monoisotopic (exact) mass is 527 g/mol. The fourth-order valence-electron chi connectivity index (χ4n) is 5.58. The molecule has 10 nitrogen and oxygen atoms in total. The number of nitrogens with one attached hydrogen (secondary N) is 4. The van der Waals surface area contributed by atoms with Gasteiger partial charge in [0, 0.05) is 6.54 Å². The molecule has 3 rings (SSSR count). The van der Waals surface area contributed by atoms with E-state index in [1.165, 1.54) is 0 Å². The van der Waals surface area contributed by atoms with Gasteiger partial charge >= 0.3 is 6.03 Å². The van der Waals surface area contributed by atoms with Gasteiger partial charge in [-0.25, -0.2) is 4.79 Å². The minimum atomic E-state index is -0.939. The van der Waals surface area contributed by atoms with Crippen molar-refractivity contribution >= 4 is 48.3 Å². The molecule has 0 spiro atoms. The van der Waals surface area contributed by atoms with Gasteiger partial charge in [0.15, 0.2) is 0 Å². The summed E-state index contributed by atoms with van der Waals surface area (Å²) in [4.78, 5) is 65.8. The third-order valence-corrected chi connectivity index (χ3v) is 8.59. The number of urea groups is 1. The molecule has 3 fully saturated rings. The van der Waals surface area contributed by atoms with Crippen LogP contribution in [0.4, 0.5) is 4.79 Å². The molecule has 0 bridgehead atoms. The summed E-state index contributed by atoms with van der Waals surface area (Å²) < 4.78 is 0. The summed E-state index contributed by atoms with van der Waals surface area (Å²) in [7, 11) is 4.12. The highest BCUT2D eigenvalue weighted by Crippen LogP contribution is 2.65. The molecule has 1 aliphatic heterocycles. The molecule has 1 saturated heterocycles. The van der Waals surface area contributed by atoms with Crippen LogP contribution in [0, 0.1) is 28.6 Å². The van der Waals surface area contributed by atoms with Crippen molar-refractivity contribution in [3.05, 3.63) is 0 Å². The lowest BCUT2D eigenvalue weighted by Crippen LogP contribution is -2.61. The van der Waals surface area contributed by atoms with Crippen molar-refractivity contribution in [1.82, 2.24) is 25.7 Å². The van der Waals surface area contributed by atoms with Crippen LogP contribution in [0.3, 0.4) is 0 Å². The topological polar surface area (TPSA) is 137 Å². The van der Waals surface area contributed by atoms with E-state index in [9.17, 15) is 24.0 Å². The standard InChI is InChI=1S/C23H39N5O5P2/c1-22(2,3)17(25-21(33)27-35)20(32)28-10-12-14(23(12,4)5)15(28)18(30)24-13(9-11-7-6-8-11)16(29)19(31)26-34/h11-15,17H,6-10,34-35H2,1-5H3,(H,24,30)(H,26,31)(H2,25,27,33)/t12-,13?,14?,15-,17+/m0/s1. The average Bonchev–Trinajstić information content (AvgIpc) is 3.10. The van der Waals surface area contributed by atoms with E-state index in [1.54, 1.807) is 4.90 Å². The molecule has 1 heterocycles. The predicted octanol–water partition coefficient (Wildman–Crippen LogP) is 1.12. The SMILES string of the molecule is CC(C)(C)[C@H](NC(=O)NP)C(=O)N1C[C@H]2C([C@H]1C(=O)NC(CC1CCC1)C(=O)C(=O)NP)C2(C)C. The molecule has 3 aliphatic rings. The highest BCUT2D eigenvalue weighted by atomic mass is 31.0. The number of hydrogen-bond donors (Lipinski definition) is 4. The highest BCUT2D eigenvalue weighted by Gasteiger charge is 2.69. The maximum atomic E-state index is 13.7. The van der Waals surface area contributed by atoms with Gasteiger partial charge in [0.2, 0.25) is 17.6 Å². The van der Waals surface area contributed by atoms with E-state index < -0.39 is 47.2 Å². The first-order valence-electron chi connectivity index (χ1n) is 12.2. The van der Waals surface area contributed by atoms with Crippen LogP contribution < -0.4 is 20.8 Å². The van der Waals surface area contributed by atoms with E-state index >= 15 is 0 Å². The van der Waals surface area contributed by atoms with Gasteiger partial charge in [-0.2, -0.15) is 0 Å². The van der Waals surface area contributed by atoms with Crippen molar-refractivity contribution in [2.45, 2.75) is 78.4 Å². The predicted molar refractivity (Wildman–Crippen MR) is 138 cm³/mol. The van der Waals surface area contributed by atoms with E-state index in [0.29, 0.717) is 13.0 Å². The maximum absolute atomic E-state index is 13.7. The average molecular weight is 528 g/mol. The summed E-state index contributed by atoms with van der Waals surface area (Å²) in [5.41, 5.74) is -0.719. The number of likely N-dealkylation sites (tertiary alicyclic amines) is 1. The second-order valence-electron chi connectivity index (χ2n) is 11.7. The number of amides is 5. The number of fused-ring (bicyclic) bond motifs is 1. The number of rotatable bonds is 8. The molecule has 0 aromatic carbocycles. The number of Topliss-reactive ketones (excluding diaryl/α,β-unsaturated/α-hetero) is 1. The second kappa shape index (κ2) is 10.3. The molecule has 0 aromatic rings. The van der Waals surface area contributed by atoms with Crippen molar-refractivity contribution in [2.24, 2.45) is 28.6 Å². The number of carbonyl (C=O) groups is 5. The molecule has 4 N–H and O–H groups in total. The van der Waals surface area contributed by atoms with E-state index in [2.05, 4.69) is 44.0 Å². The Hall–Kier alpha value is -1.79. The number of nitrogens with zero attached hydrogens (tertiary/aromatic N) is 1. The van der Waals surface area contributed by atoms with Crippen LogP contribution in [-0.2, 0) is 19.2 Å². The number of carbonyl (C=O) groups excluding carboxylic acids is 5. The minimum Gasteiger partial charge on any atom is -0.344 e. The lowest BCUT2D eigenvalue weighted by molar-refractivity contribution is -0.145. The largest absolute Gasteiger partial charge is 0.344 e. The maximum Gasteiger partial charge on any atom is 0.318 e. The summed E-state index contributed by atoms with van der Waals surface area (Å²) in [5, 5.41) is 10.2. The Morgan fingerprint density at radius 3 is 2.14 bits per heavy atom. The van der Waals surface area contributed by atoms with Crippen LogP contribution in [-0.4, -0.2) is 59.1 Å². The molecule has 0 aromatic heterocycles. The Morgan fingerprint density at radius 2 is 1.66 bits per heavy atom. The van der Waals surface area contributed by atoms with Gasteiger partial charge in [-0.05, 0) is 53.8 Å². The first-order valence-corrected chi connectivity index (χ1v) is 13.3. The zero-order valence-electron chi connectivity index (χ0n) is 21.1. The van der Waals surface area contributed by atoms with Crippen LogP contribution in [0.5, 0.6) is 0 Å². The van der Waals surface area contributed by atoms with Crippen molar-refractivity contribution in [3.8, 4) is 0 Å². The summed E-state index contributed by atoms with van der Waals surface area (Å²) in [5.74, 6) is -1.84. The van der Waals surface area contributed by atoms with Crippen LogP contribution in [0.25, 0.3) is 0 Å². The molecule has 0 radical (unpaired) electrons. The molecular formula is C23H39N5O5P2. The second-order valence-corrected chi connectivity index (χ2v) is 12.3. The Kier molecular flexibility index (Phi) is 8.17. The Labute approximate surface area is 211 Å². The molecule has 196 valence electrons. The Bertz CT molecular complexity index is 901. The first-order chi connectivity index (χ1) is 16.2. The van der Waals surface area contributed by atoms with Gasteiger partial charge in [-0.15, -0.1) is 0 Å². The quantitative estimate of drug-likeness (QED) is 0.277. The van der Waals surface area contributed by atoms with E-state index in [-0.39, 0.29) is 29.1 Å². The van der Waals surface area contributed by atoms with Crippen LogP contribution in [0.2, 0.25) is 0 Å². The van der Waals surface area contributed by atoms with Gasteiger partial charge in [-0.1, -0.05) is 53.9 Å². The molecular weight excluding hydrogens is 488 g/mol. The number of hydrogen-bond acceptors (Lipinski definition) is 5. The van der Waals surface area contributed by atoms with Gasteiger partial charge in [0.05, 0.1) is 6.04 Å². The van der Waals surface area contributed by atoms with Crippen LogP contribution in [0.1, 0.15) is 60.3 Å². The fraction of sp³-hybridized carbons (Fsp3) is 0.783. The van der Waals surface area contributed by atoms with E-state index in [4.69, 9.17) is 0 Å². The molecule has 7 atom stereocenters. The smallest absolute Gasteiger partial charge is 0.318 e. The molecule has 4 unspecified atom stereocenters. The minimum absolute atomic E-state index is 0.0577. The van der Waals surface area contributed by atoms with Crippen molar-refractivity contribution in [2.75, 3.05) is 6.54 Å². The molecule has 5 amide bonds. The third kappa shape index (κ3) is 5.64. The summed E-state index contributed by atoms with van der Waals surface area (Å²) in [6.45, 7) is 10.1. The summed E-state index contributed by atoms with van der Waals surface area (Å²) in [6, 6.07) is -3.08. The lowest BCUT2D eigenvalue weighted by Gasteiger charge is -2.38. The van der Waals surface area contributed by atoms with Gasteiger partial charge < -0.3 is 25.7 Å². The third-order valence-electron chi connectivity index (χ3n) is 8.06. The van der Waals surface area contributed by atoms with Crippen molar-refractivity contribution in [3.63, 3.8) is 0 Å². The molecule has 2 saturated carbocycles. The number of piperidine rings is 1. The lowest BCUT2D eigenvalue weighted by atomic mass is 9.80. The van der Waals surface area contributed by atoms with Crippen LogP contribution >= 0.6 is 18.8 Å². The fourth-order valence-corrected chi connectivity index (χ4v) is 5.81. The van der Waals surface area contributed by atoms with Gasteiger partial charge in [-0.3, -0.25) is 19.2 Å². The molecule has 35 heavy (non-hydrogen) atoms. The zero-order valence-corrected chi connectivity index (χ0v) is 23.5. The van der Waals surface area contributed by atoms with Crippen molar-refractivity contribution in [1.29, 1.82) is 0 Å². The Morgan fingerprint density at radius 1 is 1.03 bits per heavy atom. The first kappa shape index (κ1) is 27.8. The van der Waals surface area contributed by atoms with Gasteiger partial charge in [0.1, 0.15) is 12.1 Å². The molecule has 12 heteroatoms. The highest BCUT2D eigenvalue weighted by molar-refractivity contribution is 7.15. The summed E-state index contributed by atoms with van der Waals surface area (Å²) >= 11 is 0. The number of ketones is 1. The molecule has 2 aliphatic carbocycles. The normalized spacial score (nSPS) is 26.5. The van der Waals surface area contributed by atoms with Crippen LogP contribution in [0.15, 0.2) is 0 Å². The van der Waals surface area contributed by atoms with E-state index in [0.717, 1.165) is 19.3 Å². The Balaban J connectivity index is 1.84. The summed E-state index contributed by atoms with van der Waals surface area (Å²) in [6.07, 6.45) is 3.40. The van der Waals surface area contributed by atoms with Crippen molar-refractivity contribution < 1.29 is 24.0 Å². The zero-order chi connectivity index (χ0) is 26.3. The van der Waals surface area contributed by atoms with Gasteiger partial charge in [0.25, 0.3) is 5.91 Å². The van der Waals surface area contributed by atoms with E-state index in [1.807, 2.05) is 30.2 Å².